The fourth-order valence-corrected chi connectivity index (χ4v) is 2.40. The standard InChI is InChI=1S/C12H19N3O/c1-9-4-3-5-11(10(9)2)14-12(16)15-7-6-13-8-15/h6-11H,3-5H2,1-2H3,(H,14,16)/t9-,10+,11+/m1/s1. The van der Waals surface area contributed by atoms with Crippen LogP contribution in [0.4, 0.5) is 4.79 Å². The predicted molar refractivity (Wildman–Crippen MR) is 62.1 cm³/mol. The summed E-state index contributed by atoms with van der Waals surface area (Å²) in [5.41, 5.74) is 0. The van der Waals surface area contributed by atoms with Gasteiger partial charge in [0.2, 0.25) is 0 Å². The van der Waals surface area contributed by atoms with Gasteiger partial charge in [0, 0.05) is 18.4 Å². The van der Waals surface area contributed by atoms with Crippen LogP contribution >= 0.6 is 0 Å². The molecule has 88 valence electrons. The van der Waals surface area contributed by atoms with E-state index in [-0.39, 0.29) is 6.03 Å². The number of carbonyl (C=O) groups excluding carboxylic acids is 1. The number of amides is 1. The molecule has 4 heteroatoms. The van der Waals surface area contributed by atoms with E-state index in [1.807, 2.05) is 0 Å². The summed E-state index contributed by atoms with van der Waals surface area (Å²) in [7, 11) is 0. The highest BCUT2D eigenvalue weighted by molar-refractivity contribution is 5.76. The number of hydrogen-bond donors (Lipinski definition) is 1. The van der Waals surface area contributed by atoms with Gasteiger partial charge in [0.1, 0.15) is 6.33 Å². The Hall–Kier alpha value is -1.32. The van der Waals surface area contributed by atoms with Gasteiger partial charge in [-0.1, -0.05) is 26.7 Å². The van der Waals surface area contributed by atoms with E-state index in [0.29, 0.717) is 17.9 Å². The Morgan fingerprint density at radius 3 is 2.94 bits per heavy atom. The molecule has 0 saturated heterocycles. The summed E-state index contributed by atoms with van der Waals surface area (Å²) in [4.78, 5) is 15.7. The van der Waals surface area contributed by atoms with Crippen LogP contribution in [0.25, 0.3) is 0 Å². The summed E-state index contributed by atoms with van der Waals surface area (Å²) >= 11 is 0. The lowest BCUT2D eigenvalue weighted by Gasteiger charge is -2.34. The lowest BCUT2D eigenvalue weighted by molar-refractivity contribution is 0.196. The maximum absolute atomic E-state index is 11.8. The van der Waals surface area contributed by atoms with E-state index < -0.39 is 0 Å². The molecule has 1 aliphatic carbocycles. The summed E-state index contributed by atoms with van der Waals surface area (Å²) in [5, 5.41) is 3.09. The zero-order chi connectivity index (χ0) is 11.5. The van der Waals surface area contributed by atoms with Crippen molar-refractivity contribution in [2.75, 3.05) is 0 Å². The molecule has 0 unspecified atom stereocenters. The molecule has 1 aliphatic rings. The SMILES string of the molecule is C[C@H]1[C@H](C)CCC[C@@H]1NC(=O)n1ccnc1. The van der Waals surface area contributed by atoms with E-state index >= 15 is 0 Å². The third-order valence-electron chi connectivity index (χ3n) is 3.75. The molecule has 0 aromatic carbocycles. The van der Waals surface area contributed by atoms with Crippen LogP contribution in [0.15, 0.2) is 18.7 Å². The van der Waals surface area contributed by atoms with Crippen molar-refractivity contribution in [2.45, 2.75) is 39.2 Å². The highest BCUT2D eigenvalue weighted by Crippen LogP contribution is 2.29. The van der Waals surface area contributed by atoms with E-state index in [1.54, 1.807) is 12.4 Å². The minimum atomic E-state index is -0.0662. The zero-order valence-electron chi connectivity index (χ0n) is 9.89. The van der Waals surface area contributed by atoms with Gasteiger partial charge in [0.15, 0.2) is 0 Å². The number of carbonyl (C=O) groups is 1. The van der Waals surface area contributed by atoms with Gasteiger partial charge in [0.25, 0.3) is 0 Å². The second-order valence-corrected chi connectivity index (χ2v) is 4.79. The number of hydrogen-bond acceptors (Lipinski definition) is 2. The maximum Gasteiger partial charge on any atom is 0.327 e. The Kier molecular flexibility index (Phi) is 3.27. The van der Waals surface area contributed by atoms with Gasteiger partial charge in [-0.15, -0.1) is 0 Å². The summed E-state index contributed by atoms with van der Waals surface area (Å²) in [6, 6.07) is 0.238. The van der Waals surface area contributed by atoms with Gasteiger partial charge in [0.05, 0.1) is 0 Å². The van der Waals surface area contributed by atoms with Crippen LogP contribution in [0.3, 0.4) is 0 Å². The number of nitrogens with zero attached hydrogens (tertiary/aromatic N) is 2. The second-order valence-electron chi connectivity index (χ2n) is 4.79. The molecule has 1 fully saturated rings. The lowest BCUT2D eigenvalue weighted by Crippen LogP contribution is -2.45. The first-order valence-corrected chi connectivity index (χ1v) is 5.97. The fourth-order valence-electron chi connectivity index (χ4n) is 2.40. The number of rotatable bonds is 1. The Labute approximate surface area is 96.1 Å². The van der Waals surface area contributed by atoms with Crippen molar-refractivity contribution in [3.63, 3.8) is 0 Å². The summed E-state index contributed by atoms with van der Waals surface area (Å²) < 4.78 is 1.49. The molecule has 1 aromatic heterocycles. The molecule has 2 rings (SSSR count). The minimum Gasteiger partial charge on any atom is -0.334 e. The van der Waals surface area contributed by atoms with Crippen LogP contribution in [0.1, 0.15) is 33.1 Å². The second kappa shape index (κ2) is 4.68. The Morgan fingerprint density at radius 1 is 1.44 bits per heavy atom. The molecule has 3 atom stereocenters. The minimum absolute atomic E-state index is 0.0662. The molecule has 4 nitrogen and oxygen atoms in total. The van der Waals surface area contributed by atoms with E-state index in [1.165, 1.54) is 23.7 Å². The number of imidazole rings is 1. The highest BCUT2D eigenvalue weighted by atomic mass is 16.2. The lowest BCUT2D eigenvalue weighted by atomic mass is 9.78. The normalized spacial score (nSPS) is 30.0. The number of nitrogens with one attached hydrogen (secondary N) is 1. The fraction of sp³-hybridized carbons (Fsp3) is 0.667. The van der Waals surface area contributed by atoms with Gasteiger partial charge in [-0.3, -0.25) is 4.57 Å². The van der Waals surface area contributed by atoms with Crippen LogP contribution in [-0.2, 0) is 0 Å². The Morgan fingerprint density at radius 2 is 2.25 bits per heavy atom. The van der Waals surface area contributed by atoms with Crippen molar-refractivity contribution in [3.8, 4) is 0 Å². The third kappa shape index (κ3) is 2.26. The van der Waals surface area contributed by atoms with E-state index in [9.17, 15) is 4.79 Å². The molecule has 0 aliphatic heterocycles. The molecule has 1 aromatic rings. The van der Waals surface area contributed by atoms with Crippen LogP contribution in [0, 0.1) is 11.8 Å². The van der Waals surface area contributed by atoms with E-state index in [4.69, 9.17) is 0 Å². The largest absolute Gasteiger partial charge is 0.334 e. The first-order valence-electron chi connectivity index (χ1n) is 5.97. The number of aromatic nitrogens is 2. The van der Waals surface area contributed by atoms with Crippen LogP contribution < -0.4 is 5.32 Å². The molecule has 1 saturated carbocycles. The van der Waals surface area contributed by atoms with Gasteiger partial charge >= 0.3 is 6.03 Å². The zero-order valence-corrected chi connectivity index (χ0v) is 9.89. The average Bonchev–Trinajstić information content (AvgIpc) is 2.78. The highest BCUT2D eigenvalue weighted by Gasteiger charge is 2.28. The van der Waals surface area contributed by atoms with Gasteiger partial charge in [-0.2, -0.15) is 0 Å². The predicted octanol–water partition coefficient (Wildman–Crippen LogP) is 2.27. The van der Waals surface area contributed by atoms with E-state index in [2.05, 4.69) is 24.1 Å². The monoisotopic (exact) mass is 221 g/mol. The van der Waals surface area contributed by atoms with Crippen molar-refractivity contribution in [2.24, 2.45) is 11.8 Å². The Balaban J connectivity index is 1.96. The maximum atomic E-state index is 11.8. The summed E-state index contributed by atoms with van der Waals surface area (Å²) in [6.07, 6.45) is 8.40. The summed E-state index contributed by atoms with van der Waals surface area (Å²) in [5.74, 6) is 1.25. The molecular formula is C12H19N3O. The molecule has 1 heterocycles. The molecule has 1 amide bonds. The third-order valence-corrected chi connectivity index (χ3v) is 3.75. The van der Waals surface area contributed by atoms with Crippen molar-refractivity contribution in [3.05, 3.63) is 18.7 Å². The van der Waals surface area contributed by atoms with Crippen molar-refractivity contribution >= 4 is 6.03 Å². The molecule has 0 spiro atoms. The topological polar surface area (TPSA) is 46.9 Å². The smallest absolute Gasteiger partial charge is 0.327 e. The van der Waals surface area contributed by atoms with Crippen LogP contribution in [0.2, 0.25) is 0 Å². The molecule has 0 bridgehead atoms. The van der Waals surface area contributed by atoms with Crippen molar-refractivity contribution < 1.29 is 4.79 Å². The summed E-state index contributed by atoms with van der Waals surface area (Å²) in [6.45, 7) is 4.49. The van der Waals surface area contributed by atoms with Crippen LogP contribution in [-0.4, -0.2) is 21.6 Å². The van der Waals surface area contributed by atoms with Gasteiger partial charge in [-0.25, -0.2) is 9.78 Å². The first-order chi connectivity index (χ1) is 7.68. The average molecular weight is 221 g/mol. The van der Waals surface area contributed by atoms with Crippen molar-refractivity contribution in [1.29, 1.82) is 0 Å². The molecular weight excluding hydrogens is 202 g/mol. The van der Waals surface area contributed by atoms with E-state index in [0.717, 1.165) is 6.42 Å². The van der Waals surface area contributed by atoms with Crippen LogP contribution in [0.5, 0.6) is 0 Å². The molecule has 0 radical (unpaired) electrons. The van der Waals surface area contributed by atoms with Gasteiger partial charge < -0.3 is 5.32 Å². The molecule has 1 N–H and O–H groups in total. The first kappa shape index (κ1) is 11.2. The Bertz CT molecular complexity index is 347. The molecule has 16 heavy (non-hydrogen) atoms. The van der Waals surface area contributed by atoms with Crippen molar-refractivity contribution in [1.82, 2.24) is 14.9 Å². The quantitative estimate of drug-likeness (QED) is 0.790. The van der Waals surface area contributed by atoms with Gasteiger partial charge in [-0.05, 0) is 18.3 Å².